The predicted molar refractivity (Wildman–Crippen MR) is 158 cm³/mol. The molecule has 11 heteroatoms. The summed E-state index contributed by atoms with van der Waals surface area (Å²) in [5, 5.41) is 0.208. The van der Waals surface area contributed by atoms with Gasteiger partial charge in [0.2, 0.25) is 0 Å². The van der Waals surface area contributed by atoms with Gasteiger partial charge in [-0.05, 0) is 114 Å². The van der Waals surface area contributed by atoms with Gasteiger partial charge in [-0.15, -0.1) is 0 Å². The molecule has 0 bridgehead atoms. The Hall–Kier alpha value is -3.22. The van der Waals surface area contributed by atoms with Crippen LogP contribution in [0.4, 0.5) is 4.79 Å². The van der Waals surface area contributed by atoms with Gasteiger partial charge in [0.15, 0.2) is 11.5 Å². The van der Waals surface area contributed by atoms with E-state index in [1.54, 1.807) is 73.8 Å². The van der Waals surface area contributed by atoms with Crippen LogP contribution >= 0.6 is 46.0 Å². The Kier molecular flexibility index (Phi) is 9.76. The standard InChI is InChI=1S/C28H23ClINO7S/c1-3-36-23-15-17(14-22(30)25(23)38-27(33)18-4-8-20(35-2)9-5-18)16-24-26(32)31(28(34)39-24)12-13-37-21-10-6-19(29)7-11-21/h4-11,14-16H,3,12-13H2,1-2H3/b24-16-. The van der Waals surface area contributed by atoms with Gasteiger partial charge < -0.3 is 18.9 Å². The molecule has 2 amide bonds. The lowest BCUT2D eigenvalue weighted by molar-refractivity contribution is -0.123. The number of thioether (sulfide) groups is 1. The number of rotatable bonds is 10. The van der Waals surface area contributed by atoms with Crippen molar-refractivity contribution < 1.29 is 33.3 Å². The highest BCUT2D eigenvalue weighted by molar-refractivity contribution is 14.1. The van der Waals surface area contributed by atoms with Crippen molar-refractivity contribution in [3.8, 4) is 23.0 Å². The number of amides is 2. The number of carbonyl (C=O) groups is 3. The molecule has 0 radical (unpaired) electrons. The molecule has 8 nitrogen and oxygen atoms in total. The molecule has 0 spiro atoms. The van der Waals surface area contributed by atoms with Crippen molar-refractivity contribution in [3.63, 3.8) is 0 Å². The van der Waals surface area contributed by atoms with Gasteiger partial charge in [0.05, 0.1) is 34.3 Å². The lowest BCUT2D eigenvalue weighted by Crippen LogP contribution is -2.32. The van der Waals surface area contributed by atoms with Crippen LogP contribution < -0.4 is 18.9 Å². The fraction of sp³-hybridized carbons (Fsp3) is 0.179. The van der Waals surface area contributed by atoms with E-state index in [1.807, 2.05) is 29.5 Å². The second-order valence-electron chi connectivity index (χ2n) is 8.02. The molecule has 0 saturated carbocycles. The van der Waals surface area contributed by atoms with Crippen LogP contribution in [0.15, 0.2) is 65.6 Å². The van der Waals surface area contributed by atoms with Crippen molar-refractivity contribution in [1.29, 1.82) is 0 Å². The first-order valence-electron chi connectivity index (χ1n) is 11.8. The summed E-state index contributed by atoms with van der Waals surface area (Å²) in [6.07, 6.45) is 1.62. The Labute approximate surface area is 248 Å². The third-order valence-electron chi connectivity index (χ3n) is 5.42. The van der Waals surface area contributed by atoms with E-state index in [9.17, 15) is 14.4 Å². The summed E-state index contributed by atoms with van der Waals surface area (Å²) in [6.45, 7) is 2.39. The van der Waals surface area contributed by atoms with Gasteiger partial charge in [-0.3, -0.25) is 14.5 Å². The van der Waals surface area contributed by atoms with E-state index in [2.05, 4.69) is 0 Å². The monoisotopic (exact) mass is 679 g/mol. The van der Waals surface area contributed by atoms with Crippen LogP contribution in [-0.2, 0) is 4.79 Å². The fourth-order valence-corrected chi connectivity index (χ4v) is 5.27. The summed E-state index contributed by atoms with van der Waals surface area (Å²) in [5.74, 6) is 0.863. The summed E-state index contributed by atoms with van der Waals surface area (Å²) in [6, 6.07) is 16.8. The maximum atomic E-state index is 12.9. The Morgan fingerprint density at radius 3 is 2.38 bits per heavy atom. The molecule has 0 aromatic heterocycles. The Bertz CT molecular complexity index is 1410. The molecule has 1 aliphatic rings. The second-order valence-corrected chi connectivity index (χ2v) is 10.6. The largest absolute Gasteiger partial charge is 0.497 e. The van der Waals surface area contributed by atoms with Crippen molar-refractivity contribution in [3.05, 3.63) is 85.3 Å². The first-order valence-corrected chi connectivity index (χ1v) is 14.0. The summed E-state index contributed by atoms with van der Waals surface area (Å²) < 4.78 is 22.8. The zero-order chi connectivity index (χ0) is 27.9. The van der Waals surface area contributed by atoms with Crippen molar-refractivity contribution in [2.45, 2.75) is 6.92 Å². The highest BCUT2D eigenvalue weighted by atomic mass is 127. The molecular weight excluding hydrogens is 657 g/mol. The number of carbonyl (C=O) groups excluding carboxylic acids is 3. The molecular formula is C28H23ClINO7S. The quantitative estimate of drug-likeness (QED) is 0.101. The molecule has 202 valence electrons. The van der Waals surface area contributed by atoms with Crippen molar-refractivity contribution >= 4 is 69.1 Å². The summed E-state index contributed by atoms with van der Waals surface area (Å²) in [4.78, 5) is 39.6. The van der Waals surface area contributed by atoms with E-state index in [1.165, 1.54) is 0 Å². The smallest absolute Gasteiger partial charge is 0.343 e. The molecule has 39 heavy (non-hydrogen) atoms. The topological polar surface area (TPSA) is 91.4 Å². The number of halogens is 2. The average Bonchev–Trinajstić information content (AvgIpc) is 3.19. The number of hydrogen-bond acceptors (Lipinski definition) is 8. The molecule has 0 atom stereocenters. The number of imide groups is 1. The minimum Gasteiger partial charge on any atom is -0.497 e. The number of nitrogens with zero attached hydrogens (tertiary/aromatic N) is 1. The van der Waals surface area contributed by atoms with Gasteiger partial charge in [0.1, 0.15) is 18.1 Å². The number of methoxy groups -OCH3 is 1. The molecule has 1 fully saturated rings. The van der Waals surface area contributed by atoms with Crippen LogP contribution in [-0.4, -0.2) is 48.9 Å². The molecule has 1 saturated heterocycles. The molecule has 0 N–H and O–H groups in total. The second kappa shape index (κ2) is 13.2. The molecule has 3 aromatic rings. The lowest BCUT2D eigenvalue weighted by Gasteiger charge is -2.14. The molecule has 1 heterocycles. The highest BCUT2D eigenvalue weighted by Crippen LogP contribution is 2.38. The van der Waals surface area contributed by atoms with Crippen molar-refractivity contribution in [2.24, 2.45) is 0 Å². The number of esters is 1. The molecule has 3 aromatic carbocycles. The van der Waals surface area contributed by atoms with Gasteiger partial charge in [0, 0.05) is 5.02 Å². The maximum Gasteiger partial charge on any atom is 0.343 e. The number of hydrogen-bond donors (Lipinski definition) is 0. The van der Waals surface area contributed by atoms with E-state index in [0.29, 0.717) is 43.6 Å². The SMILES string of the molecule is CCOc1cc(/C=C2\SC(=O)N(CCOc3ccc(Cl)cc3)C2=O)cc(I)c1OC(=O)c1ccc(OC)cc1. The lowest BCUT2D eigenvalue weighted by atomic mass is 10.1. The van der Waals surface area contributed by atoms with Crippen LogP contribution in [0.25, 0.3) is 6.08 Å². The van der Waals surface area contributed by atoms with Gasteiger partial charge >= 0.3 is 5.97 Å². The molecule has 0 unspecified atom stereocenters. The van der Waals surface area contributed by atoms with Crippen LogP contribution in [0.2, 0.25) is 5.02 Å². The Balaban J connectivity index is 1.48. The van der Waals surface area contributed by atoms with Crippen LogP contribution in [0.5, 0.6) is 23.0 Å². The normalized spacial score (nSPS) is 14.1. The van der Waals surface area contributed by atoms with Gasteiger partial charge in [0.25, 0.3) is 11.1 Å². The first-order chi connectivity index (χ1) is 18.8. The highest BCUT2D eigenvalue weighted by Gasteiger charge is 2.35. The van der Waals surface area contributed by atoms with E-state index in [4.69, 9.17) is 30.5 Å². The fourth-order valence-electron chi connectivity index (χ4n) is 3.54. The van der Waals surface area contributed by atoms with Crippen molar-refractivity contribution in [1.82, 2.24) is 4.90 Å². The molecule has 0 aliphatic carbocycles. The first kappa shape index (κ1) is 28.8. The van der Waals surface area contributed by atoms with E-state index in [0.717, 1.165) is 16.7 Å². The number of benzene rings is 3. The van der Waals surface area contributed by atoms with Gasteiger partial charge in [-0.25, -0.2) is 4.79 Å². The third kappa shape index (κ3) is 7.25. The maximum absolute atomic E-state index is 12.9. The minimum absolute atomic E-state index is 0.104. The van der Waals surface area contributed by atoms with Gasteiger partial charge in [-0.2, -0.15) is 0 Å². The molecule has 1 aliphatic heterocycles. The summed E-state index contributed by atoms with van der Waals surface area (Å²) in [5.41, 5.74) is 0.974. The number of ether oxygens (including phenoxy) is 4. The zero-order valence-electron chi connectivity index (χ0n) is 20.9. The minimum atomic E-state index is -0.550. The summed E-state index contributed by atoms with van der Waals surface area (Å²) in [7, 11) is 1.55. The van der Waals surface area contributed by atoms with E-state index < -0.39 is 11.9 Å². The average molecular weight is 680 g/mol. The van der Waals surface area contributed by atoms with Gasteiger partial charge in [-0.1, -0.05) is 11.6 Å². The van der Waals surface area contributed by atoms with Crippen LogP contribution in [0, 0.1) is 3.57 Å². The molecule has 4 rings (SSSR count). The predicted octanol–water partition coefficient (Wildman–Crippen LogP) is 6.69. The van der Waals surface area contributed by atoms with E-state index in [-0.39, 0.29) is 29.0 Å². The third-order valence-corrected chi connectivity index (χ3v) is 7.38. The zero-order valence-corrected chi connectivity index (χ0v) is 24.7. The van der Waals surface area contributed by atoms with Crippen LogP contribution in [0.3, 0.4) is 0 Å². The van der Waals surface area contributed by atoms with Crippen LogP contribution in [0.1, 0.15) is 22.8 Å². The summed E-state index contributed by atoms with van der Waals surface area (Å²) >= 11 is 8.77. The Morgan fingerprint density at radius 1 is 1.03 bits per heavy atom. The van der Waals surface area contributed by atoms with Crippen molar-refractivity contribution in [2.75, 3.05) is 26.9 Å². The Morgan fingerprint density at radius 2 is 1.72 bits per heavy atom. The van der Waals surface area contributed by atoms with E-state index >= 15 is 0 Å².